The molecule has 0 bridgehead atoms. The van der Waals surface area contributed by atoms with Crippen LogP contribution in [0.3, 0.4) is 0 Å². The Balaban J connectivity index is 1.96. The molecule has 1 N–H and O–H groups in total. The third-order valence-corrected chi connectivity index (χ3v) is 5.59. The molecule has 0 aromatic heterocycles. The number of hydrogen-bond donors (Lipinski definition) is 1. The Kier molecular flexibility index (Phi) is 5.25. The van der Waals surface area contributed by atoms with Gasteiger partial charge >= 0.3 is 6.03 Å². The van der Waals surface area contributed by atoms with Crippen molar-refractivity contribution in [1.82, 2.24) is 15.1 Å². The fraction of sp³-hybridized carbons (Fsp3) is 0.444. The van der Waals surface area contributed by atoms with Gasteiger partial charge in [-0.1, -0.05) is 55.1 Å². The summed E-state index contributed by atoms with van der Waals surface area (Å²) in [5.41, 5.74) is 1.97. The zero-order valence-corrected chi connectivity index (χ0v) is 15.8. The molecule has 2 aliphatic heterocycles. The van der Waals surface area contributed by atoms with Crippen LogP contribution in [0, 0.1) is 0 Å². The van der Waals surface area contributed by atoms with E-state index >= 15 is 0 Å². The number of carbonyl (C=O) groups excluding carboxylic acids is 2. The van der Waals surface area contributed by atoms with Gasteiger partial charge in [0, 0.05) is 13.6 Å². The Hall–Kier alpha value is -1.72. The van der Waals surface area contributed by atoms with Gasteiger partial charge < -0.3 is 10.2 Å². The first-order chi connectivity index (χ1) is 12.0. The highest BCUT2D eigenvalue weighted by atomic mass is 35.5. The summed E-state index contributed by atoms with van der Waals surface area (Å²) in [5, 5.41) is 3.65. The number of amides is 3. The number of benzene rings is 1. The third-order valence-electron chi connectivity index (χ3n) is 4.76. The van der Waals surface area contributed by atoms with Crippen LogP contribution in [0.5, 0.6) is 0 Å². The van der Waals surface area contributed by atoms with E-state index in [1.54, 1.807) is 25.2 Å². The summed E-state index contributed by atoms with van der Waals surface area (Å²) in [6.45, 7) is 3.27. The number of nitrogens with zero attached hydrogens (tertiary/aromatic N) is 2. The highest BCUT2D eigenvalue weighted by Gasteiger charge is 2.43. The van der Waals surface area contributed by atoms with Crippen LogP contribution in [0.1, 0.15) is 37.8 Å². The molecular weight excluding hydrogens is 361 g/mol. The van der Waals surface area contributed by atoms with Gasteiger partial charge in [0.15, 0.2) is 0 Å². The van der Waals surface area contributed by atoms with Crippen LogP contribution < -0.4 is 5.32 Å². The van der Waals surface area contributed by atoms with E-state index < -0.39 is 6.04 Å². The minimum atomic E-state index is -0.575. The van der Waals surface area contributed by atoms with E-state index in [1.807, 2.05) is 4.90 Å². The molecule has 0 unspecified atom stereocenters. The summed E-state index contributed by atoms with van der Waals surface area (Å²) < 4.78 is 0. The minimum Gasteiger partial charge on any atom is -0.333 e. The summed E-state index contributed by atoms with van der Waals surface area (Å²) >= 11 is 12.5. The fourth-order valence-corrected chi connectivity index (χ4v) is 3.75. The maximum absolute atomic E-state index is 13.0. The molecule has 3 rings (SSSR count). The van der Waals surface area contributed by atoms with Crippen LogP contribution in [-0.4, -0.2) is 41.9 Å². The van der Waals surface area contributed by atoms with Crippen LogP contribution in [0.15, 0.2) is 29.5 Å². The van der Waals surface area contributed by atoms with E-state index in [-0.39, 0.29) is 11.9 Å². The largest absolute Gasteiger partial charge is 0.333 e. The molecule has 1 aromatic carbocycles. The van der Waals surface area contributed by atoms with Gasteiger partial charge in [-0.15, -0.1) is 0 Å². The van der Waals surface area contributed by atoms with Gasteiger partial charge in [0.05, 0.1) is 33.9 Å². The summed E-state index contributed by atoms with van der Waals surface area (Å²) in [6.07, 6.45) is 3.12. The monoisotopic (exact) mass is 381 g/mol. The quantitative estimate of drug-likeness (QED) is 0.784. The molecule has 0 saturated carbocycles. The van der Waals surface area contributed by atoms with Crippen molar-refractivity contribution in [2.24, 2.45) is 0 Å². The van der Waals surface area contributed by atoms with Crippen molar-refractivity contribution < 1.29 is 9.59 Å². The molecule has 1 atom stereocenters. The second-order valence-corrected chi connectivity index (χ2v) is 7.16. The van der Waals surface area contributed by atoms with Crippen LogP contribution in [0.2, 0.25) is 10.0 Å². The topological polar surface area (TPSA) is 52.7 Å². The van der Waals surface area contributed by atoms with Crippen molar-refractivity contribution in [1.29, 1.82) is 0 Å². The van der Waals surface area contributed by atoms with Gasteiger partial charge in [0.25, 0.3) is 5.91 Å². The molecule has 25 heavy (non-hydrogen) atoms. The summed E-state index contributed by atoms with van der Waals surface area (Å²) in [7, 11) is 1.68. The second kappa shape index (κ2) is 7.26. The van der Waals surface area contributed by atoms with Gasteiger partial charge in [-0.2, -0.15) is 0 Å². The molecule has 7 heteroatoms. The number of nitrogens with one attached hydrogen (secondary N) is 1. The molecule has 0 spiro atoms. The number of hydrogen-bond acceptors (Lipinski definition) is 2. The molecular formula is C18H21Cl2N3O2. The van der Waals surface area contributed by atoms with Gasteiger partial charge in [-0.05, 0) is 18.1 Å². The van der Waals surface area contributed by atoms with Gasteiger partial charge in [0.1, 0.15) is 0 Å². The molecule has 134 valence electrons. The number of carbonyl (C=O) groups is 2. The van der Waals surface area contributed by atoms with Crippen LogP contribution >= 0.6 is 23.2 Å². The number of unbranched alkanes of at least 4 members (excludes halogenated alkanes) is 2. The molecule has 2 aliphatic rings. The molecule has 0 radical (unpaired) electrons. The molecule has 2 heterocycles. The SMILES string of the molecule is CCCCCN1CC2=C(C1=O)[C@@H](c1cccc(Cl)c1Cl)NC(=O)N2C. The molecule has 0 aliphatic carbocycles. The predicted molar refractivity (Wildman–Crippen MR) is 98.6 cm³/mol. The first kappa shape index (κ1) is 18.1. The Bertz CT molecular complexity index is 748. The Morgan fingerprint density at radius 3 is 2.72 bits per heavy atom. The maximum Gasteiger partial charge on any atom is 0.322 e. The Morgan fingerprint density at radius 2 is 2.00 bits per heavy atom. The van der Waals surface area contributed by atoms with Crippen LogP contribution in [-0.2, 0) is 4.79 Å². The lowest BCUT2D eigenvalue weighted by Crippen LogP contribution is -2.45. The zero-order chi connectivity index (χ0) is 18.1. The molecule has 3 amide bonds. The Morgan fingerprint density at radius 1 is 1.24 bits per heavy atom. The van der Waals surface area contributed by atoms with Crippen LogP contribution in [0.25, 0.3) is 0 Å². The van der Waals surface area contributed by atoms with Gasteiger partial charge in [0.2, 0.25) is 0 Å². The van der Waals surface area contributed by atoms with Crippen molar-refractivity contribution in [2.45, 2.75) is 32.2 Å². The van der Waals surface area contributed by atoms with Crippen molar-refractivity contribution in [3.63, 3.8) is 0 Å². The lowest BCUT2D eigenvalue weighted by molar-refractivity contribution is -0.125. The second-order valence-electron chi connectivity index (χ2n) is 6.38. The summed E-state index contributed by atoms with van der Waals surface area (Å²) in [5.74, 6) is -0.0426. The molecule has 1 aromatic rings. The van der Waals surface area contributed by atoms with Crippen molar-refractivity contribution >= 4 is 35.1 Å². The average Bonchev–Trinajstić information content (AvgIpc) is 2.91. The lowest BCUT2D eigenvalue weighted by Gasteiger charge is -2.31. The fourth-order valence-electron chi connectivity index (χ4n) is 3.33. The smallest absolute Gasteiger partial charge is 0.322 e. The summed E-state index contributed by atoms with van der Waals surface area (Å²) in [6, 6.07) is 4.43. The minimum absolute atomic E-state index is 0.0426. The molecule has 0 fully saturated rings. The van der Waals surface area contributed by atoms with Crippen molar-refractivity contribution in [3.8, 4) is 0 Å². The van der Waals surface area contributed by atoms with Crippen molar-refractivity contribution in [3.05, 3.63) is 45.1 Å². The van der Waals surface area contributed by atoms with Crippen molar-refractivity contribution in [2.75, 3.05) is 20.1 Å². The van der Waals surface area contributed by atoms with E-state index in [0.717, 1.165) is 25.0 Å². The highest BCUT2D eigenvalue weighted by Crippen LogP contribution is 2.39. The Labute approximate surface area is 157 Å². The van der Waals surface area contributed by atoms with E-state index in [2.05, 4.69) is 12.2 Å². The number of urea groups is 1. The number of halogens is 2. The maximum atomic E-state index is 13.0. The first-order valence-electron chi connectivity index (χ1n) is 8.46. The van der Waals surface area contributed by atoms with E-state index in [4.69, 9.17) is 23.2 Å². The predicted octanol–water partition coefficient (Wildman–Crippen LogP) is 3.98. The standard InChI is InChI=1S/C18H21Cl2N3O2/c1-3-4-5-9-23-10-13-14(17(23)24)16(21-18(25)22(13)2)11-7-6-8-12(19)15(11)20/h6-8,16H,3-5,9-10H2,1-2H3,(H,21,25)/t16-/m1/s1. The third kappa shape index (κ3) is 3.23. The van der Waals surface area contributed by atoms with E-state index in [1.165, 1.54) is 4.90 Å². The average molecular weight is 382 g/mol. The normalized spacial score (nSPS) is 20.2. The number of likely N-dealkylation sites (N-methyl/N-ethyl adjacent to an activating group) is 1. The first-order valence-corrected chi connectivity index (χ1v) is 9.21. The number of rotatable bonds is 5. The molecule has 0 saturated heterocycles. The van der Waals surface area contributed by atoms with E-state index in [9.17, 15) is 9.59 Å². The highest BCUT2D eigenvalue weighted by molar-refractivity contribution is 6.42. The van der Waals surface area contributed by atoms with E-state index in [0.29, 0.717) is 34.3 Å². The lowest BCUT2D eigenvalue weighted by atomic mass is 9.95. The summed E-state index contributed by atoms with van der Waals surface area (Å²) in [4.78, 5) is 28.7. The van der Waals surface area contributed by atoms with Crippen LogP contribution in [0.4, 0.5) is 4.79 Å². The van der Waals surface area contributed by atoms with Gasteiger partial charge in [-0.3, -0.25) is 9.69 Å². The molecule has 5 nitrogen and oxygen atoms in total. The van der Waals surface area contributed by atoms with Gasteiger partial charge in [-0.25, -0.2) is 4.79 Å². The zero-order valence-electron chi connectivity index (χ0n) is 14.3.